The minimum Gasteiger partial charge on any atom is -0.399 e. The molecule has 0 aliphatic rings. The standard InChI is InChI=1S/C12H17NOS/c1-4-15-9-12(13-14-3)11-7-5-10(2)6-8-11/h5-8H,4,9H2,1-3H3. The predicted octanol–water partition coefficient (Wildman–Crippen LogP) is 3.10. The molecule has 3 heteroatoms. The van der Waals surface area contributed by atoms with Crippen molar-refractivity contribution in [3.63, 3.8) is 0 Å². The zero-order valence-electron chi connectivity index (χ0n) is 9.49. The molecule has 82 valence electrons. The van der Waals surface area contributed by atoms with Crippen LogP contribution in [0.1, 0.15) is 18.1 Å². The Morgan fingerprint density at radius 2 is 2.00 bits per heavy atom. The van der Waals surface area contributed by atoms with Crippen LogP contribution in [0.5, 0.6) is 0 Å². The molecule has 0 aliphatic carbocycles. The lowest BCUT2D eigenvalue weighted by atomic mass is 10.1. The maximum Gasteiger partial charge on any atom is 0.106 e. The molecule has 0 radical (unpaired) electrons. The number of thioether (sulfide) groups is 1. The lowest BCUT2D eigenvalue weighted by Crippen LogP contribution is -2.05. The van der Waals surface area contributed by atoms with Gasteiger partial charge in [-0.2, -0.15) is 11.8 Å². The lowest BCUT2D eigenvalue weighted by Gasteiger charge is -2.05. The van der Waals surface area contributed by atoms with Crippen LogP contribution in [0.4, 0.5) is 0 Å². The van der Waals surface area contributed by atoms with E-state index >= 15 is 0 Å². The van der Waals surface area contributed by atoms with Gasteiger partial charge in [0, 0.05) is 11.3 Å². The van der Waals surface area contributed by atoms with Gasteiger partial charge in [0.15, 0.2) is 0 Å². The average molecular weight is 223 g/mol. The fourth-order valence-corrected chi connectivity index (χ4v) is 1.83. The van der Waals surface area contributed by atoms with E-state index in [-0.39, 0.29) is 0 Å². The van der Waals surface area contributed by atoms with Crippen LogP contribution in [-0.2, 0) is 4.84 Å². The van der Waals surface area contributed by atoms with Crippen LogP contribution in [0.3, 0.4) is 0 Å². The number of hydrogen-bond acceptors (Lipinski definition) is 3. The minimum atomic E-state index is 0.896. The molecule has 0 aliphatic heterocycles. The number of rotatable bonds is 5. The highest BCUT2D eigenvalue weighted by atomic mass is 32.2. The molecule has 0 bridgehead atoms. The van der Waals surface area contributed by atoms with Crippen molar-refractivity contribution in [3.8, 4) is 0 Å². The molecule has 1 aromatic carbocycles. The summed E-state index contributed by atoms with van der Waals surface area (Å²) < 4.78 is 0. The van der Waals surface area contributed by atoms with Gasteiger partial charge in [-0.25, -0.2) is 0 Å². The highest BCUT2D eigenvalue weighted by Crippen LogP contribution is 2.10. The quantitative estimate of drug-likeness (QED) is 0.565. The van der Waals surface area contributed by atoms with Gasteiger partial charge >= 0.3 is 0 Å². The van der Waals surface area contributed by atoms with E-state index in [4.69, 9.17) is 4.84 Å². The lowest BCUT2D eigenvalue weighted by molar-refractivity contribution is 0.213. The topological polar surface area (TPSA) is 21.6 Å². The Labute approximate surface area is 95.7 Å². The van der Waals surface area contributed by atoms with Gasteiger partial charge in [-0.05, 0) is 12.7 Å². The van der Waals surface area contributed by atoms with Crippen LogP contribution in [-0.4, -0.2) is 24.3 Å². The molecule has 0 unspecified atom stereocenters. The van der Waals surface area contributed by atoms with Crippen molar-refractivity contribution >= 4 is 17.5 Å². The molecule has 0 saturated carbocycles. The molecule has 0 amide bonds. The van der Waals surface area contributed by atoms with Crippen LogP contribution >= 0.6 is 11.8 Å². The predicted molar refractivity (Wildman–Crippen MR) is 67.7 cm³/mol. The van der Waals surface area contributed by atoms with E-state index < -0.39 is 0 Å². The average Bonchev–Trinajstić information content (AvgIpc) is 2.25. The largest absolute Gasteiger partial charge is 0.399 e. The van der Waals surface area contributed by atoms with E-state index in [1.807, 2.05) is 11.8 Å². The third kappa shape index (κ3) is 3.96. The molecular weight excluding hydrogens is 206 g/mol. The van der Waals surface area contributed by atoms with Gasteiger partial charge in [-0.3, -0.25) is 0 Å². The van der Waals surface area contributed by atoms with Crippen molar-refractivity contribution in [1.29, 1.82) is 0 Å². The summed E-state index contributed by atoms with van der Waals surface area (Å²) in [4.78, 5) is 4.86. The van der Waals surface area contributed by atoms with Crippen molar-refractivity contribution < 1.29 is 4.84 Å². The molecule has 0 fully saturated rings. The summed E-state index contributed by atoms with van der Waals surface area (Å²) in [5.41, 5.74) is 3.41. The zero-order chi connectivity index (χ0) is 11.1. The van der Waals surface area contributed by atoms with E-state index in [0.717, 1.165) is 22.8 Å². The van der Waals surface area contributed by atoms with Crippen molar-refractivity contribution in [3.05, 3.63) is 35.4 Å². The number of aryl methyl sites for hydroxylation is 1. The Morgan fingerprint density at radius 3 is 2.53 bits per heavy atom. The molecule has 0 saturated heterocycles. The van der Waals surface area contributed by atoms with Crippen molar-refractivity contribution in [2.24, 2.45) is 5.16 Å². The van der Waals surface area contributed by atoms with Crippen LogP contribution in [0.2, 0.25) is 0 Å². The first-order valence-corrected chi connectivity index (χ1v) is 6.18. The van der Waals surface area contributed by atoms with Crippen LogP contribution in [0, 0.1) is 6.92 Å². The minimum absolute atomic E-state index is 0.896. The zero-order valence-corrected chi connectivity index (χ0v) is 10.3. The summed E-state index contributed by atoms with van der Waals surface area (Å²) in [6.45, 7) is 4.22. The first-order valence-electron chi connectivity index (χ1n) is 5.02. The summed E-state index contributed by atoms with van der Waals surface area (Å²) in [7, 11) is 1.59. The van der Waals surface area contributed by atoms with Gasteiger partial charge in [0.05, 0.1) is 5.71 Å². The Bertz CT molecular complexity index is 319. The summed E-state index contributed by atoms with van der Waals surface area (Å²) in [6.07, 6.45) is 0. The van der Waals surface area contributed by atoms with Gasteiger partial charge < -0.3 is 4.84 Å². The summed E-state index contributed by atoms with van der Waals surface area (Å²) in [6, 6.07) is 8.36. The van der Waals surface area contributed by atoms with E-state index in [1.54, 1.807) is 7.11 Å². The van der Waals surface area contributed by atoms with Crippen LogP contribution < -0.4 is 0 Å². The molecule has 0 atom stereocenters. The second kappa shape index (κ2) is 6.51. The van der Waals surface area contributed by atoms with Crippen molar-refractivity contribution in [1.82, 2.24) is 0 Å². The Morgan fingerprint density at radius 1 is 1.33 bits per heavy atom. The molecular formula is C12H17NOS. The first kappa shape index (κ1) is 12.1. The molecule has 2 nitrogen and oxygen atoms in total. The Hall–Kier alpha value is -0.960. The molecule has 0 N–H and O–H groups in total. The SMILES string of the molecule is CCSCC(=NOC)c1ccc(C)cc1. The third-order valence-electron chi connectivity index (χ3n) is 2.03. The van der Waals surface area contributed by atoms with E-state index in [2.05, 4.69) is 43.3 Å². The van der Waals surface area contributed by atoms with Gasteiger partial charge in [0.25, 0.3) is 0 Å². The van der Waals surface area contributed by atoms with Crippen LogP contribution in [0.25, 0.3) is 0 Å². The third-order valence-corrected chi connectivity index (χ3v) is 2.91. The van der Waals surface area contributed by atoms with E-state index in [0.29, 0.717) is 0 Å². The smallest absolute Gasteiger partial charge is 0.106 e. The van der Waals surface area contributed by atoms with E-state index in [9.17, 15) is 0 Å². The summed E-state index contributed by atoms with van der Waals surface area (Å²) in [5, 5.41) is 4.06. The summed E-state index contributed by atoms with van der Waals surface area (Å²) >= 11 is 1.84. The van der Waals surface area contributed by atoms with Gasteiger partial charge in [0.2, 0.25) is 0 Å². The Balaban J connectivity index is 2.79. The number of nitrogens with zero attached hydrogens (tertiary/aromatic N) is 1. The van der Waals surface area contributed by atoms with Gasteiger partial charge in [0.1, 0.15) is 7.11 Å². The maximum absolute atomic E-state index is 4.86. The van der Waals surface area contributed by atoms with Gasteiger partial charge in [-0.1, -0.05) is 41.9 Å². The highest BCUT2D eigenvalue weighted by Gasteiger charge is 2.03. The number of oxime groups is 1. The fraction of sp³-hybridized carbons (Fsp3) is 0.417. The van der Waals surface area contributed by atoms with Crippen molar-refractivity contribution in [2.45, 2.75) is 13.8 Å². The number of hydrogen-bond donors (Lipinski definition) is 0. The highest BCUT2D eigenvalue weighted by molar-refractivity contribution is 7.99. The normalized spacial score (nSPS) is 11.5. The molecule has 1 rings (SSSR count). The maximum atomic E-state index is 4.86. The molecule has 0 heterocycles. The molecule has 0 aromatic heterocycles. The number of benzene rings is 1. The van der Waals surface area contributed by atoms with Crippen molar-refractivity contribution in [2.75, 3.05) is 18.6 Å². The van der Waals surface area contributed by atoms with Crippen LogP contribution in [0.15, 0.2) is 29.4 Å². The Kier molecular flexibility index (Phi) is 5.26. The molecule has 0 spiro atoms. The van der Waals surface area contributed by atoms with E-state index in [1.165, 1.54) is 5.56 Å². The fourth-order valence-electron chi connectivity index (χ4n) is 1.22. The van der Waals surface area contributed by atoms with Gasteiger partial charge in [-0.15, -0.1) is 0 Å². The first-order chi connectivity index (χ1) is 7.27. The summed E-state index contributed by atoms with van der Waals surface area (Å²) in [5.74, 6) is 1.99. The second-order valence-corrected chi connectivity index (χ2v) is 4.50. The molecule has 1 aromatic rings. The monoisotopic (exact) mass is 223 g/mol. The molecule has 15 heavy (non-hydrogen) atoms. The second-order valence-electron chi connectivity index (χ2n) is 3.22.